The SMILES string of the molecule is CCCc1nc(C(C)(C)SCCOc2ccc3nc(COc4ccc(CC5SC(=O)NC5=O)cc4)n(C)c3c2)c(C(=O)OCC)n1Cc1ccc(-c2ccccc2-c2nn[nH]n2)cc1. The minimum Gasteiger partial charge on any atom is -0.493 e. The molecule has 15 nitrogen and oxygen atoms in total. The molecule has 0 radical (unpaired) electrons. The first-order valence-electron chi connectivity index (χ1n) is 21.2. The Bertz CT molecular complexity index is 2770. The van der Waals surface area contributed by atoms with Crippen LogP contribution in [0.15, 0.2) is 91.0 Å². The van der Waals surface area contributed by atoms with Crippen LogP contribution in [0.25, 0.3) is 33.5 Å². The molecular formula is C47H49N9O6S2. The van der Waals surface area contributed by atoms with E-state index in [1.54, 1.807) is 11.8 Å². The zero-order valence-electron chi connectivity index (χ0n) is 36.3. The summed E-state index contributed by atoms with van der Waals surface area (Å²) in [4.78, 5) is 47.2. The number of amides is 2. The first-order chi connectivity index (χ1) is 31.0. The number of rotatable bonds is 19. The molecule has 4 aromatic carbocycles. The van der Waals surface area contributed by atoms with Crippen LogP contribution < -0.4 is 14.8 Å². The van der Waals surface area contributed by atoms with Gasteiger partial charge >= 0.3 is 5.97 Å². The first kappa shape index (κ1) is 44.2. The summed E-state index contributed by atoms with van der Waals surface area (Å²) >= 11 is 2.70. The predicted molar refractivity (Wildman–Crippen MR) is 247 cm³/mol. The number of benzene rings is 4. The van der Waals surface area contributed by atoms with Crippen LogP contribution in [0.4, 0.5) is 4.79 Å². The van der Waals surface area contributed by atoms with Gasteiger partial charge in [0.1, 0.15) is 29.8 Å². The summed E-state index contributed by atoms with van der Waals surface area (Å²) in [7, 11) is 1.95. The Hall–Kier alpha value is -6.46. The Kier molecular flexibility index (Phi) is 13.5. The molecule has 2 N–H and O–H groups in total. The van der Waals surface area contributed by atoms with Gasteiger partial charge in [-0.05, 0) is 85.3 Å². The number of esters is 1. The summed E-state index contributed by atoms with van der Waals surface area (Å²) in [5, 5.41) is 16.3. The van der Waals surface area contributed by atoms with Gasteiger partial charge in [-0.1, -0.05) is 79.3 Å². The van der Waals surface area contributed by atoms with Crippen molar-refractivity contribution in [2.24, 2.45) is 7.05 Å². The third kappa shape index (κ3) is 9.85. The van der Waals surface area contributed by atoms with E-state index in [4.69, 9.17) is 24.2 Å². The number of imide groups is 1. The lowest BCUT2D eigenvalue weighted by Crippen LogP contribution is -2.25. The van der Waals surface area contributed by atoms with Crippen LogP contribution in [0.1, 0.15) is 73.1 Å². The van der Waals surface area contributed by atoms with Gasteiger partial charge in [-0.2, -0.15) is 5.21 Å². The summed E-state index contributed by atoms with van der Waals surface area (Å²) < 4.78 is 21.5. The molecule has 64 heavy (non-hydrogen) atoms. The van der Waals surface area contributed by atoms with E-state index in [0.29, 0.717) is 54.7 Å². The Morgan fingerprint density at radius 2 is 1.64 bits per heavy atom. The molecule has 1 fully saturated rings. The number of imidazole rings is 2. The van der Waals surface area contributed by atoms with Gasteiger partial charge in [0.05, 0.1) is 39.9 Å². The lowest BCUT2D eigenvalue weighted by Gasteiger charge is -2.24. The summed E-state index contributed by atoms with van der Waals surface area (Å²) in [5.41, 5.74) is 7.76. The highest BCUT2D eigenvalue weighted by Gasteiger charge is 2.35. The van der Waals surface area contributed by atoms with Gasteiger partial charge in [-0.25, -0.2) is 14.8 Å². The van der Waals surface area contributed by atoms with Gasteiger partial charge in [0.2, 0.25) is 11.7 Å². The zero-order valence-corrected chi connectivity index (χ0v) is 37.9. The molecule has 0 saturated carbocycles. The second-order valence-electron chi connectivity index (χ2n) is 15.7. The van der Waals surface area contributed by atoms with E-state index in [1.807, 2.05) is 89.8 Å². The maximum atomic E-state index is 13.8. The van der Waals surface area contributed by atoms with Gasteiger partial charge in [-0.3, -0.25) is 14.9 Å². The number of aromatic nitrogens is 8. The molecule has 8 rings (SSSR count). The van der Waals surface area contributed by atoms with Crippen LogP contribution in [0.3, 0.4) is 0 Å². The Labute approximate surface area is 379 Å². The predicted octanol–water partition coefficient (Wildman–Crippen LogP) is 8.31. The molecule has 0 bridgehead atoms. The zero-order chi connectivity index (χ0) is 44.8. The molecule has 17 heteroatoms. The Morgan fingerprint density at radius 3 is 2.34 bits per heavy atom. The van der Waals surface area contributed by atoms with E-state index >= 15 is 0 Å². The Balaban J connectivity index is 0.914. The highest BCUT2D eigenvalue weighted by Crippen LogP contribution is 2.39. The van der Waals surface area contributed by atoms with E-state index < -0.39 is 10.00 Å². The van der Waals surface area contributed by atoms with E-state index in [9.17, 15) is 14.4 Å². The van der Waals surface area contributed by atoms with Crippen molar-refractivity contribution in [3.8, 4) is 34.0 Å². The molecular weight excluding hydrogens is 851 g/mol. The molecule has 0 aliphatic carbocycles. The number of nitrogens with one attached hydrogen (secondary N) is 2. The largest absolute Gasteiger partial charge is 0.493 e. The van der Waals surface area contributed by atoms with E-state index in [0.717, 1.165) is 74.4 Å². The fraction of sp³-hybridized carbons (Fsp3) is 0.319. The first-order valence-corrected chi connectivity index (χ1v) is 23.0. The molecule has 330 valence electrons. The Morgan fingerprint density at radius 1 is 0.891 bits per heavy atom. The lowest BCUT2D eigenvalue weighted by molar-refractivity contribution is -0.118. The molecule has 3 aromatic heterocycles. The second-order valence-corrected chi connectivity index (χ2v) is 18.6. The monoisotopic (exact) mass is 899 g/mol. The summed E-state index contributed by atoms with van der Waals surface area (Å²) in [6, 6.07) is 29.6. The van der Waals surface area contributed by atoms with Crippen LogP contribution >= 0.6 is 23.5 Å². The number of fused-ring (bicyclic) bond motifs is 1. The van der Waals surface area contributed by atoms with Crippen LogP contribution in [0.5, 0.6) is 11.5 Å². The van der Waals surface area contributed by atoms with Crippen LogP contribution in [-0.4, -0.2) is 81.1 Å². The summed E-state index contributed by atoms with van der Waals surface area (Å²) in [5.74, 6) is 3.52. The fourth-order valence-corrected chi connectivity index (χ4v) is 9.48. The minimum absolute atomic E-state index is 0.250. The summed E-state index contributed by atoms with van der Waals surface area (Å²) in [6.07, 6.45) is 2.04. The molecule has 1 aliphatic heterocycles. The normalized spacial score (nSPS) is 14.0. The molecule has 1 atom stereocenters. The number of carbonyl (C=O) groups excluding carboxylic acids is 3. The van der Waals surface area contributed by atoms with Crippen molar-refractivity contribution in [2.75, 3.05) is 19.0 Å². The summed E-state index contributed by atoms with van der Waals surface area (Å²) in [6.45, 7) is 9.52. The molecule has 0 spiro atoms. The molecule has 4 heterocycles. The molecule has 7 aromatic rings. The smallest absolute Gasteiger partial charge is 0.356 e. The molecule has 1 aliphatic rings. The van der Waals surface area contributed by atoms with Gasteiger partial charge in [0.25, 0.3) is 5.24 Å². The van der Waals surface area contributed by atoms with Gasteiger partial charge in [0, 0.05) is 37.4 Å². The van der Waals surface area contributed by atoms with Gasteiger partial charge in [0.15, 0.2) is 5.69 Å². The van der Waals surface area contributed by atoms with Crippen molar-refractivity contribution in [2.45, 2.75) is 70.1 Å². The standard InChI is InChI=1S/C47H49N9O6S2/c1-6-10-39-49-42(41(45(58)60-7-2)56(39)27-30-13-17-31(18-14-30)34-11-8-9-12-35(34)43-51-53-54-52-43)47(3,4)63-24-23-61-33-21-22-36-37(26-33)55(5)40(48-36)28-62-32-19-15-29(16-20-32)25-38-44(57)50-46(59)64-38/h8-9,11-22,26,38H,6-7,10,23-25,27-28H2,1-5H3,(H,50,57,59)(H,51,52,53,54). The number of H-pyrrole nitrogens is 1. The number of aryl methyl sites for hydroxylation is 2. The number of hydrogen-bond donors (Lipinski definition) is 2. The highest BCUT2D eigenvalue weighted by molar-refractivity contribution is 8.15. The number of tetrazole rings is 1. The highest BCUT2D eigenvalue weighted by atomic mass is 32.2. The average molecular weight is 900 g/mol. The van der Waals surface area contributed by atoms with Crippen LogP contribution in [0.2, 0.25) is 0 Å². The van der Waals surface area contributed by atoms with E-state index in [2.05, 4.69) is 71.0 Å². The van der Waals surface area contributed by atoms with Crippen molar-refractivity contribution in [1.82, 2.24) is 45.0 Å². The second kappa shape index (κ2) is 19.5. The molecule has 1 unspecified atom stereocenters. The number of thioether (sulfide) groups is 2. The number of carbonyl (C=O) groups is 3. The maximum absolute atomic E-state index is 13.8. The lowest BCUT2D eigenvalue weighted by atomic mass is 9.98. The maximum Gasteiger partial charge on any atom is 0.356 e. The van der Waals surface area contributed by atoms with Crippen LogP contribution in [0, 0.1) is 0 Å². The van der Waals surface area contributed by atoms with Crippen molar-refractivity contribution < 1.29 is 28.6 Å². The van der Waals surface area contributed by atoms with Crippen molar-refractivity contribution >= 4 is 51.7 Å². The topological polar surface area (TPSA) is 181 Å². The number of hydrogen-bond acceptors (Lipinski definition) is 13. The van der Waals surface area contributed by atoms with E-state index in [1.165, 1.54) is 0 Å². The van der Waals surface area contributed by atoms with Crippen molar-refractivity contribution in [3.05, 3.63) is 125 Å². The van der Waals surface area contributed by atoms with Gasteiger partial charge in [-0.15, -0.1) is 22.0 Å². The molecule has 2 amide bonds. The van der Waals surface area contributed by atoms with Crippen molar-refractivity contribution in [3.63, 3.8) is 0 Å². The van der Waals surface area contributed by atoms with Crippen LogP contribution in [-0.2, 0) is 47.3 Å². The number of ether oxygens (including phenoxy) is 3. The number of aromatic amines is 1. The van der Waals surface area contributed by atoms with Gasteiger partial charge < -0.3 is 23.3 Å². The fourth-order valence-electron chi connectivity index (χ4n) is 7.66. The minimum atomic E-state index is -0.547. The average Bonchev–Trinajstić information content (AvgIpc) is 4.09. The van der Waals surface area contributed by atoms with Crippen molar-refractivity contribution in [1.29, 1.82) is 0 Å². The molecule has 1 saturated heterocycles. The quantitative estimate of drug-likeness (QED) is 0.0585. The van der Waals surface area contributed by atoms with E-state index in [-0.39, 0.29) is 30.3 Å². The third-order valence-electron chi connectivity index (χ3n) is 10.9. The number of nitrogens with zero attached hydrogens (tertiary/aromatic N) is 7. The third-order valence-corrected chi connectivity index (χ3v) is 13.2.